The molecule has 1 unspecified atom stereocenters. The SMILES string of the molecule is Nc1ccc(COCC2Cc3ccccc32)cc1. The third-order valence-corrected chi connectivity index (χ3v) is 3.53. The molecule has 92 valence electrons. The number of fused-ring (bicyclic) bond motifs is 1. The van der Waals surface area contributed by atoms with Crippen LogP contribution in [0.3, 0.4) is 0 Å². The maximum atomic E-state index is 5.78. The van der Waals surface area contributed by atoms with E-state index in [0.717, 1.165) is 18.7 Å². The molecule has 0 fully saturated rings. The zero-order chi connectivity index (χ0) is 12.4. The quantitative estimate of drug-likeness (QED) is 0.832. The van der Waals surface area contributed by atoms with Crippen molar-refractivity contribution in [3.05, 3.63) is 65.2 Å². The molecule has 0 aromatic heterocycles. The van der Waals surface area contributed by atoms with Crippen molar-refractivity contribution in [3.8, 4) is 0 Å². The minimum Gasteiger partial charge on any atom is -0.399 e. The van der Waals surface area contributed by atoms with Gasteiger partial charge in [-0.3, -0.25) is 0 Å². The second-order valence-corrected chi connectivity index (χ2v) is 4.86. The highest BCUT2D eigenvalue weighted by atomic mass is 16.5. The van der Waals surface area contributed by atoms with Crippen LogP contribution in [0.15, 0.2) is 48.5 Å². The van der Waals surface area contributed by atoms with E-state index in [4.69, 9.17) is 10.5 Å². The Bertz CT molecular complexity index is 533. The summed E-state index contributed by atoms with van der Waals surface area (Å²) in [6, 6.07) is 16.5. The minimum atomic E-state index is 0.579. The van der Waals surface area contributed by atoms with E-state index in [1.807, 2.05) is 24.3 Å². The predicted octanol–water partition coefficient (Wildman–Crippen LogP) is 3.13. The summed E-state index contributed by atoms with van der Waals surface area (Å²) in [6.07, 6.45) is 1.15. The minimum absolute atomic E-state index is 0.579. The van der Waals surface area contributed by atoms with Gasteiger partial charge in [-0.05, 0) is 35.2 Å². The second kappa shape index (κ2) is 4.83. The normalized spacial score (nSPS) is 17.0. The molecule has 0 aliphatic heterocycles. The second-order valence-electron chi connectivity index (χ2n) is 4.86. The molecule has 2 nitrogen and oxygen atoms in total. The van der Waals surface area contributed by atoms with Crippen molar-refractivity contribution in [2.24, 2.45) is 0 Å². The monoisotopic (exact) mass is 239 g/mol. The summed E-state index contributed by atoms with van der Waals surface area (Å²) in [7, 11) is 0. The molecule has 2 heteroatoms. The fraction of sp³-hybridized carbons (Fsp3) is 0.250. The molecule has 0 saturated carbocycles. The van der Waals surface area contributed by atoms with Crippen LogP contribution in [0.2, 0.25) is 0 Å². The van der Waals surface area contributed by atoms with Gasteiger partial charge in [0.25, 0.3) is 0 Å². The molecule has 0 bridgehead atoms. The summed E-state index contributed by atoms with van der Waals surface area (Å²) in [5, 5.41) is 0. The van der Waals surface area contributed by atoms with Gasteiger partial charge in [-0.25, -0.2) is 0 Å². The standard InChI is InChI=1S/C16H17NO/c17-15-7-5-12(6-8-15)10-18-11-14-9-13-3-1-2-4-16(13)14/h1-8,14H,9-11,17H2. The van der Waals surface area contributed by atoms with Crippen molar-refractivity contribution in [1.82, 2.24) is 0 Å². The van der Waals surface area contributed by atoms with Crippen molar-refractivity contribution in [2.45, 2.75) is 18.9 Å². The van der Waals surface area contributed by atoms with Crippen LogP contribution in [-0.2, 0) is 17.8 Å². The summed E-state index contributed by atoms with van der Waals surface area (Å²) in [5.41, 5.74) is 10.5. The number of anilines is 1. The summed E-state index contributed by atoms with van der Waals surface area (Å²) in [5.74, 6) is 0.579. The van der Waals surface area contributed by atoms with Crippen LogP contribution in [0.5, 0.6) is 0 Å². The average molecular weight is 239 g/mol. The molecule has 3 rings (SSSR count). The molecule has 2 aromatic rings. The largest absolute Gasteiger partial charge is 0.399 e. The van der Waals surface area contributed by atoms with Crippen LogP contribution < -0.4 is 5.73 Å². The molecule has 2 aromatic carbocycles. The topological polar surface area (TPSA) is 35.2 Å². The van der Waals surface area contributed by atoms with Gasteiger partial charge < -0.3 is 10.5 Å². The Morgan fingerprint density at radius 2 is 1.83 bits per heavy atom. The zero-order valence-electron chi connectivity index (χ0n) is 10.3. The third-order valence-electron chi connectivity index (χ3n) is 3.53. The molecule has 1 atom stereocenters. The maximum Gasteiger partial charge on any atom is 0.0717 e. The molecular formula is C16H17NO. The molecular weight excluding hydrogens is 222 g/mol. The molecule has 0 saturated heterocycles. The Balaban J connectivity index is 1.51. The van der Waals surface area contributed by atoms with E-state index in [2.05, 4.69) is 24.3 Å². The first-order chi connectivity index (χ1) is 8.83. The van der Waals surface area contributed by atoms with Gasteiger partial charge in [0, 0.05) is 11.6 Å². The fourth-order valence-corrected chi connectivity index (χ4v) is 2.44. The molecule has 2 N–H and O–H groups in total. The van der Waals surface area contributed by atoms with Gasteiger partial charge in [0.15, 0.2) is 0 Å². The van der Waals surface area contributed by atoms with E-state index < -0.39 is 0 Å². The van der Waals surface area contributed by atoms with Crippen molar-refractivity contribution in [3.63, 3.8) is 0 Å². The van der Waals surface area contributed by atoms with Crippen LogP contribution >= 0.6 is 0 Å². The smallest absolute Gasteiger partial charge is 0.0717 e. The first-order valence-electron chi connectivity index (χ1n) is 6.33. The Kier molecular flexibility index (Phi) is 3.03. The summed E-state index contributed by atoms with van der Waals surface area (Å²) >= 11 is 0. The molecule has 1 aliphatic rings. The van der Waals surface area contributed by atoms with Crippen LogP contribution in [0, 0.1) is 0 Å². The average Bonchev–Trinajstić information content (AvgIpc) is 2.37. The first kappa shape index (κ1) is 11.3. The summed E-state index contributed by atoms with van der Waals surface area (Å²) in [6.45, 7) is 1.47. The first-order valence-corrected chi connectivity index (χ1v) is 6.33. The van der Waals surface area contributed by atoms with E-state index in [9.17, 15) is 0 Å². The van der Waals surface area contributed by atoms with Crippen molar-refractivity contribution < 1.29 is 4.74 Å². The van der Waals surface area contributed by atoms with Gasteiger partial charge >= 0.3 is 0 Å². The molecule has 1 aliphatic carbocycles. The molecule has 0 amide bonds. The maximum absolute atomic E-state index is 5.78. The highest BCUT2D eigenvalue weighted by Gasteiger charge is 2.25. The Labute approximate surface area is 107 Å². The number of ether oxygens (including phenoxy) is 1. The van der Waals surface area contributed by atoms with E-state index in [-0.39, 0.29) is 0 Å². The predicted molar refractivity (Wildman–Crippen MR) is 73.4 cm³/mol. The van der Waals surface area contributed by atoms with Gasteiger partial charge in [0.1, 0.15) is 0 Å². The van der Waals surface area contributed by atoms with E-state index >= 15 is 0 Å². The van der Waals surface area contributed by atoms with Gasteiger partial charge in [0.2, 0.25) is 0 Å². The van der Waals surface area contributed by atoms with Crippen LogP contribution in [0.25, 0.3) is 0 Å². The van der Waals surface area contributed by atoms with Crippen LogP contribution in [-0.4, -0.2) is 6.61 Å². The van der Waals surface area contributed by atoms with Gasteiger partial charge in [-0.2, -0.15) is 0 Å². The van der Waals surface area contributed by atoms with Gasteiger partial charge in [0.05, 0.1) is 13.2 Å². The van der Waals surface area contributed by atoms with Crippen molar-refractivity contribution >= 4 is 5.69 Å². The fourth-order valence-electron chi connectivity index (χ4n) is 2.44. The zero-order valence-corrected chi connectivity index (χ0v) is 10.3. The van der Waals surface area contributed by atoms with Gasteiger partial charge in [-0.1, -0.05) is 36.4 Å². The van der Waals surface area contributed by atoms with Gasteiger partial charge in [-0.15, -0.1) is 0 Å². The Morgan fingerprint density at radius 1 is 1.06 bits per heavy atom. The number of nitrogens with two attached hydrogens (primary N) is 1. The number of hydrogen-bond donors (Lipinski definition) is 1. The summed E-state index contributed by atoms with van der Waals surface area (Å²) < 4.78 is 5.78. The summed E-state index contributed by atoms with van der Waals surface area (Å²) in [4.78, 5) is 0. The van der Waals surface area contributed by atoms with E-state index in [1.54, 1.807) is 0 Å². The van der Waals surface area contributed by atoms with Crippen molar-refractivity contribution in [2.75, 3.05) is 12.3 Å². The lowest BCUT2D eigenvalue weighted by molar-refractivity contribution is 0.102. The lowest BCUT2D eigenvalue weighted by Crippen LogP contribution is -2.21. The number of hydrogen-bond acceptors (Lipinski definition) is 2. The van der Waals surface area contributed by atoms with E-state index in [1.165, 1.54) is 16.7 Å². The van der Waals surface area contributed by atoms with Crippen molar-refractivity contribution in [1.29, 1.82) is 0 Å². The Hall–Kier alpha value is -1.80. The van der Waals surface area contributed by atoms with Crippen LogP contribution in [0.4, 0.5) is 5.69 Å². The number of nitrogen functional groups attached to an aromatic ring is 1. The van der Waals surface area contributed by atoms with E-state index in [0.29, 0.717) is 12.5 Å². The Morgan fingerprint density at radius 3 is 2.61 bits per heavy atom. The third kappa shape index (κ3) is 2.24. The number of benzene rings is 2. The highest BCUT2D eigenvalue weighted by molar-refractivity contribution is 5.40. The van der Waals surface area contributed by atoms with Crippen LogP contribution in [0.1, 0.15) is 22.6 Å². The molecule has 0 spiro atoms. The lowest BCUT2D eigenvalue weighted by atomic mass is 9.78. The molecule has 0 radical (unpaired) electrons. The lowest BCUT2D eigenvalue weighted by Gasteiger charge is -2.29. The highest BCUT2D eigenvalue weighted by Crippen LogP contribution is 2.34. The molecule has 18 heavy (non-hydrogen) atoms. The molecule has 0 heterocycles. The number of rotatable bonds is 4.